The fourth-order valence-corrected chi connectivity index (χ4v) is 1.76. The predicted octanol–water partition coefficient (Wildman–Crippen LogP) is 2.13. The number of ether oxygens (including phenoxy) is 2. The van der Waals surface area contributed by atoms with Crippen LogP contribution in [-0.4, -0.2) is 25.3 Å². The summed E-state index contributed by atoms with van der Waals surface area (Å²) in [5.74, 6) is 2.13. The van der Waals surface area contributed by atoms with Crippen LogP contribution in [-0.2, 0) is 11.3 Å². The van der Waals surface area contributed by atoms with E-state index in [-0.39, 0.29) is 0 Å². The summed E-state index contributed by atoms with van der Waals surface area (Å²) in [6.45, 7) is 3.30. The van der Waals surface area contributed by atoms with Crippen molar-refractivity contribution >= 4 is 0 Å². The molecule has 0 atom stereocenters. The second-order valence-corrected chi connectivity index (χ2v) is 4.08. The first-order valence-electron chi connectivity index (χ1n) is 6.13. The van der Waals surface area contributed by atoms with Crippen LogP contribution in [0, 0.1) is 6.92 Å². The molecule has 0 saturated heterocycles. The molecule has 0 fully saturated rings. The Kier molecular flexibility index (Phi) is 4.54. The van der Waals surface area contributed by atoms with Crippen molar-refractivity contribution in [2.24, 2.45) is 5.73 Å². The first-order chi connectivity index (χ1) is 9.24. The van der Waals surface area contributed by atoms with Crippen LogP contribution in [0.25, 0.3) is 11.3 Å². The molecule has 2 aromatic rings. The largest absolute Gasteiger partial charge is 0.491 e. The highest BCUT2D eigenvalue weighted by atomic mass is 16.5. The molecule has 1 aromatic heterocycles. The van der Waals surface area contributed by atoms with Crippen molar-refractivity contribution in [3.05, 3.63) is 35.9 Å². The Hall–Kier alpha value is -1.85. The lowest BCUT2D eigenvalue weighted by Gasteiger charge is -2.05. The lowest BCUT2D eigenvalue weighted by atomic mass is 10.1. The Balaban J connectivity index is 2.10. The number of nitrogens with zero attached hydrogens (tertiary/aromatic N) is 1. The minimum Gasteiger partial charge on any atom is -0.491 e. The van der Waals surface area contributed by atoms with Crippen LogP contribution in [0.4, 0.5) is 0 Å². The van der Waals surface area contributed by atoms with E-state index < -0.39 is 0 Å². The summed E-state index contributed by atoms with van der Waals surface area (Å²) in [5.41, 5.74) is 7.32. The summed E-state index contributed by atoms with van der Waals surface area (Å²) in [7, 11) is 1.65. The highest BCUT2D eigenvalue weighted by Gasteiger charge is 2.10. The molecule has 2 N–H and O–H groups in total. The normalized spacial score (nSPS) is 10.7. The fraction of sp³-hybridized carbons (Fsp3) is 0.357. The van der Waals surface area contributed by atoms with E-state index >= 15 is 0 Å². The highest BCUT2D eigenvalue weighted by molar-refractivity contribution is 5.61. The number of aryl methyl sites for hydroxylation is 1. The lowest BCUT2D eigenvalue weighted by Crippen LogP contribution is -2.03. The van der Waals surface area contributed by atoms with E-state index in [9.17, 15) is 0 Å². The van der Waals surface area contributed by atoms with E-state index in [0.717, 1.165) is 22.8 Å². The van der Waals surface area contributed by atoms with Gasteiger partial charge in [-0.2, -0.15) is 0 Å². The van der Waals surface area contributed by atoms with E-state index in [1.54, 1.807) is 7.11 Å². The van der Waals surface area contributed by atoms with Crippen molar-refractivity contribution in [2.45, 2.75) is 13.5 Å². The van der Waals surface area contributed by atoms with Gasteiger partial charge >= 0.3 is 0 Å². The molecule has 19 heavy (non-hydrogen) atoms. The zero-order valence-corrected chi connectivity index (χ0v) is 11.2. The molecule has 0 unspecified atom stereocenters. The van der Waals surface area contributed by atoms with Gasteiger partial charge in [0.25, 0.3) is 0 Å². The Morgan fingerprint density at radius 3 is 2.53 bits per heavy atom. The molecule has 0 aliphatic heterocycles. The standard InChI is InChI=1S/C14H18N2O3/c1-10-14(16-13(9-15)19-10)11-3-5-12(6-4-11)18-8-7-17-2/h3-6H,7-9,15H2,1-2H3. The Labute approximate surface area is 112 Å². The molecular formula is C14H18N2O3. The Bertz CT molecular complexity index is 520. The van der Waals surface area contributed by atoms with Crippen molar-refractivity contribution in [3.8, 4) is 17.0 Å². The number of hydrogen-bond acceptors (Lipinski definition) is 5. The van der Waals surface area contributed by atoms with E-state index in [0.29, 0.717) is 25.6 Å². The quantitative estimate of drug-likeness (QED) is 0.807. The first kappa shape index (κ1) is 13.6. The maximum atomic E-state index is 5.51. The second kappa shape index (κ2) is 6.36. The van der Waals surface area contributed by atoms with E-state index in [1.165, 1.54) is 0 Å². The molecule has 5 nitrogen and oxygen atoms in total. The average Bonchev–Trinajstić information content (AvgIpc) is 2.81. The highest BCUT2D eigenvalue weighted by Crippen LogP contribution is 2.25. The number of oxazole rings is 1. The first-order valence-corrected chi connectivity index (χ1v) is 6.13. The number of rotatable bonds is 6. The molecule has 2 rings (SSSR count). The third kappa shape index (κ3) is 3.33. The number of nitrogens with two attached hydrogens (primary N) is 1. The van der Waals surface area contributed by atoms with Gasteiger partial charge < -0.3 is 19.6 Å². The molecule has 0 bridgehead atoms. The number of methoxy groups -OCH3 is 1. The zero-order valence-electron chi connectivity index (χ0n) is 11.2. The molecule has 0 aliphatic rings. The SMILES string of the molecule is COCCOc1ccc(-c2nc(CN)oc2C)cc1. The van der Waals surface area contributed by atoms with Crippen LogP contribution < -0.4 is 10.5 Å². The van der Waals surface area contributed by atoms with Gasteiger partial charge in [0.1, 0.15) is 23.8 Å². The zero-order chi connectivity index (χ0) is 13.7. The van der Waals surface area contributed by atoms with E-state index in [4.69, 9.17) is 19.6 Å². The summed E-state index contributed by atoms with van der Waals surface area (Å²) >= 11 is 0. The lowest BCUT2D eigenvalue weighted by molar-refractivity contribution is 0.146. The van der Waals surface area contributed by atoms with Gasteiger partial charge in [-0.1, -0.05) is 0 Å². The molecule has 0 radical (unpaired) electrons. The van der Waals surface area contributed by atoms with Crippen LogP contribution in [0.15, 0.2) is 28.7 Å². The van der Waals surface area contributed by atoms with Crippen LogP contribution >= 0.6 is 0 Å². The minimum absolute atomic E-state index is 0.305. The molecule has 0 saturated carbocycles. The van der Waals surface area contributed by atoms with Crippen LogP contribution in [0.2, 0.25) is 0 Å². The van der Waals surface area contributed by atoms with Crippen molar-refractivity contribution < 1.29 is 13.9 Å². The van der Waals surface area contributed by atoms with E-state index in [2.05, 4.69) is 4.98 Å². The Morgan fingerprint density at radius 1 is 1.21 bits per heavy atom. The average molecular weight is 262 g/mol. The van der Waals surface area contributed by atoms with Crippen molar-refractivity contribution in [3.63, 3.8) is 0 Å². The molecule has 0 spiro atoms. The summed E-state index contributed by atoms with van der Waals surface area (Å²) in [5, 5.41) is 0. The summed E-state index contributed by atoms with van der Waals surface area (Å²) < 4.78 is 15.9. The fourth-order valence-electron chi connectivity index (χ4n) is 1.76. The molecule has 1 heterocycles. The third-order valence-electron chi connectivity index (χ3n) is 2.70. The minimum atomic E-state index is 0.305. The van der Waals surface area contributed by atoms with Gasteiger partial charge in [-0.3, -0.25) is 0 Å². The van der Waals surface area contributed by atoms with Gasteiger partial charge in [-0.15, -0.1) is 0 Å². The molecule has 0 amide bonds. The smallest absolute Gasteiger partial charge is 0.208 e. The van der Waals surface area contributed by atoms with Gasteiger partial charge in [-0.05, 0) is 31.2 Å². The molecular weight excluding hydrogens is 244 g/mol. The van der Waals surface area contributed by atoms with Gasteiger partial charge in [0.2, 0.25) is 5.89 Å². The van der Waals surface area contributed by atoms with Crippen molar-refractivity contribution in [1.82, 2.24) is 4.98 Å². The monoisotopic (exact) mass is 262 g/mol. The maximum absolute atomic E-state index is 5.51. The van der Waals surface area contributed by atoms with Crippen molar-refractivity contribution in [2.75, 3.05) is 20.3 Å². The van der Waals surface area contributed by atoms with Gasteiger partial charge in [0.05, 0.1) is 13.2 Å². The van der Waals surface area contributed by atoms with Crippen LogP contribution in [0.3, 0.4) is 0 Å². The van der Waals surface area contributed by atoms with Gasteiger partial charge in [-0.25, -0.2) is 4.98 Å². The van der Waals surface area contributed by atoms with Crippen molar-refractivity contribution in [1.29, 1.82) is 0 Å². The predicted molar refractivity (Wildman–Crippen MR) is 71.9 cm³/mol. The molecule has 1 aromatic carbocycles. The summed E-state index contributed by atoms with van der Waals surface area (Å²) in [6, 6.07) is 7.71. The van der Waals surface area contributed by atoms with E-state index in [1.807, 2.05) is 31.2 Å². The molecule has 5 heteroatoms. The van der Waals surface area contributed by atoms with Crippen LogP contribution in [0.1, 0.15) is 11.7 Å². The second-order valence-electron chi connectivity index (χ2n) is 4.08. The van der Waals surface area contributed by atoms with Gasteiger partial charge in [0.15, 0.2) is 0 Å². The topological polar surface area (TPSA) is 70.5 Å². The molecule has 102 valence electrons. The summed E-state index contributed by atoms with van der Waals surface area (Å²) in [4.78, 5) is 4.35. The summed E-state index contributed by atoms with van der Waals surface area (Å²) in [6.07, 6.45) is 0. The third-order valence-corrected chi connectivity index (χ3v) is 2.70. The van der Waals surface area contributed by atoms with Gasteiger partial charge in [0, 0.05) is 12.7 Å². The number of hydrogen-bond donors (Lipinski definition) is 1. The van der Waals surface area contributed by atoms with Crippen LogP contribution in [0.5, 0.6) is 5.75 Å². The Morgan fingerprint density at radius 2 is 1.95 bits per heavy atom. The maximum Gasteiger partial charge on any atom is 0.208 e. The molecule has 0 aliphatic carbocycles. The number of benzene rings is 1. The number of aromatic nitrogens is 1.